The molecule has 1 amide bonds. The topological polar surface area (TPSA) is 116 Å². The van der Waals surface area contributed by atoms with Gasteiger partial charge in [0.2, 0.25) is 0 Å². The number of nitrogens with two attached hydrogens (primary N) is 2. The molecule has 6 nitrogen and oxygen atoms in total. The maximum Gasteiger partial charge on any atom is 0.280 e. The second kappa shape index (κ2) is 6.84. The molecule has 0 fully saturated rings. The van der Waals surface area contributed by atoms with E-state index < -0.39 is 15.7 Å². The van der Waals surface area contributed by atoms with Crippen LogP contribution >= 0.6 is 0 Å². The number of carbonyl (C=O) groups excluding carboxylic acids is 1. The van der Waals surface area contributed by atoms with Crippen LogP contribution in [0.15, 0.2) is 58.4 Å². The Morgan fingerprint density at radius 2 is 1.71 bits per heavy atom. The molecule has 0 aliphatic rings. The van der Waals surface area contributed by atoms with E-state index in [1.165, 1.54) is 12.1 Å². The number of benzene rings is 2. The molecule has 1 atom stereocenters. The molecule has 0 spiro atoms. The monoisotopic (exact) mass is 345 g/mol. The third-order valence-corrected chi connectivity index (χ3v) is 4.81. The fourth-order valence-electron chi connectivity index (χ4n) is 2.45. The van der Waals surface area contributed by atoms with Crippen LogP contribution in [-0.2, 0) is 9.84 Å². The molecule has 2 aromatic carbocycles. The molecule has 0 saturated carbocycles. The number of amides is 1. The zero-order chi connectivity index (χ0) is 17.9. The number of aliphatic imine (C=N–C) groups is 1. The Kier molecular flexibility index (Phi) is 5.04. The zero-order valence-electron chi connectivity index (χ0n) is 13.4. The summed E-state index contributed by atoms with van der Waals surface area (Å²) in [5, 5.41) is 0. The molecule has 0 heterocycles. The standard InChI is InChI=1S/C17H19N3O3S/c1-11(12-6-4-3-5-7-12)14-9-8-13(16(21)20-17(18)19)10-15(14)24(2,22)23/h3-11H,1-2H3,(H4,18,19,20,21). The van der Waals surface area contributed by atoms with Crippen molar-refractivity contribution in [3.8, 4) is 0 Å². The van der Waals surface area contributed by atoms with Crippen molar-refractivity contribution in [3.63, 3.8) is 0 Å². The molecular formula is C17H19N3O3S. The van der Waals surface area contributed by atoms with Gasteiger partial charge in [0.15, 0.2) is 15.8 Å². The molecule has 1 unspecified atom stereocenters. The lowest BCUT2D eigenvalue weighted by molar-refractivity contribution is 0.100. The molecular weight excluding hydrogens is 326 g/mol. The number of sulfone groups is 1. The first-order valence-corrected chi connectivity index (χ1v) is 9.12. The van der Waals surface area contributed by atoms with Gasteiger partial charge >= 0.3 is 0 Å². The highest BCUT2D eigenvalue weighted by Gasteiger charge is 2.21. The van der Waals surface area contributed by atoms with Gasteiger partial charge in [-0.2, -0.15) is 4.99 Å². The van der Waals surface area contributed by atoms with Crippen LogP contribution in [0.4, 0.5) is 0 Å². The van der Waals surface area contributed by atoms with Crippen LogP contribution in [0.1, 0.15) is 34.3 Å². The van der Waals surface area contributed by atoms with Crippen molar-refractivity contribution in [1.29, 1.82) is 0 Å². The number of hydrogen-bond donors (Lipinski definition) is 2. The summed E-state index contributed by atoms with van der Waals surface area (Å²) in [4.78, 5) is 15.5. The van der Waals surface area contributed by atoms with E-state index >= 15 is 0 Å². The quantitative estimate of drug-likeness (QED) is 0.646. The minimum absolute atomic E-state index is 0.0931. The summed E-state index contributed by atoms with van der Waals surface area (Å²) >= 11 is 0. The van der Waals surface area contributed by atoms with E-state index in [0.717, 1.165) is 11.8 Å². The third kappa shape index (κ3) is 3.99. The summed E-state index contributed by atoms with van der Waals surface area (Å²) in [7, 11) is -3.53. The number of hydrogen-bond acceptors (Lipinski definition) is 3. The van der Waals surface area contributed by atoms with Gasteiger partial charge in [0.1, 0.15) is 0 Å². The highest BCUT2D eigenvalue weighted by Crippen LogP contribution is 2.30. The van der Waals surface area contributed by atoms with Gasteiger partial charge in [0.05, 0.1) is 4.90 Å². The molecule has 0 aliphatic carbocycles. The normalized spacial score (nSPS) is 12.4. The Morgan fingerprint density at radius 3 is 2.25 bits per heavy atom. The van der Waals surface area contributed by atoms with Crippen molar-refractivity contribution < 1.29 is 13.2 Å². The largest absolute Gasteiger partial charge is 0.370 e. The molecule has 126 valence electrons. The molecule has 0 bridgehead atoms. The predicted octanol–water partition coefficient (Wildman–Crippen LogP) is 1.66. The second-order valence-electron chi connectivity index (χ2n) is 5.50. The fourth-order valence-corrected chi connectivity index (χ4v) is 3.46. The Morgan fingerprint density at radius 1 is 1.08 bits per heavy atom. The van der Waals surface area contributed by atoms with E-state index in [2.05, 4.69) is 4.99 Å². The molecule has 2 rings (SSSR count). The van der Waals surface area contributed by atoms with Gasteiger partial charge in [0, 0.05) is 17.7 Å². The average molecular weight is 345 g/mol. The summed E-state index contributed by atoms with van der Waals surface area (Å²) in [6, 6.07) is 14.0. The van der Waals surface area contributed by atoms with Gasteiger partial charge in [-0.3, -0.25) is 4.79 Å². The predicted molar refractivity (Wildman–Crippen MR) is 93.7 cm³/mol. The molecule has 0 aliphatic heterocycles. The van der Waals surface area contributed by atoms with E-state index in [9.17, 15) is 13.2 Å². The molecule has 0 radical (unpaired) electrons. The van der Waals surface area contributed by atoms with E-state index in [0.29, 0.717) is 5.56 Å². The first kappa shape index (κ1) is 17.7. The third-order valence-electron chi connectivity index (χ3n) is 3.66. The van der Waals surface area contributed by atoms with E-state index in [1.54, 1.807) is 6.07 Å². The Bertz CT molecular complexity index is 887. The van der Waals surface area contributed by atoms with Crippen molar-refractivity contribution in [1.82, 2.24) is 0 Å². The lowest BCUT2D eigenvalue weighted by Gasteiger charge is -2.17. The minimum Gasteiger partial charge on any atom is -0.370 e. The number of rotatable bonds is 4. The van der Waals surface area contributed by atoms with Gasteiger partial charge in [-0.25, -0.2) is 8.42 Å². The first-order chi connectivity index (χ1) is 11.2. The lowest BCUT2D eigenvalue weighted by atomic mass is 9.92. The zero-order valence-corrected chi connectivity index (χ0v) is 14.2. The summed E-state index contributed by atoms with van der Waals surface area (Å²) in [6.45, 7) is 1.91. The maximum atomic E-state index is 12.2. The summed E-state index contributed by atoms with van der Waals surface area (Å²) in [6.07, 6.45) is 1.11. The van der Waals surface area contributed by atoms with Crippen LogP contribution < -0.4 is 11.5 Å². The molecule has 0 aromatic heterocycles. The summed E-state index contributed by atoms with van der Waals surface area (Å²) in [5.41, 5.74) is 12.1. The van der Waals surface area contributed by atoms with Gasteiger partial charge in [-0.1, -0.05) is 43.3 Å². The van der Waals surface area contributed by atoms with Crippen LogP contribution in [0.2, 0.25) is 0 Å². The van der Waals surface area contributed by atoms with Gasteiger partial charge in [-0.05, 0) is 23.3 Å². The van der Waals surface area contributed by atoms with Gasteiger partial charge in [-0.15, -0.1) is 0 Å². The van der Waals surface area contributed by atoms with Crippen LogP contribution in [-0.4, -0.2) is 26.5 Å². The van der Waals surface area contributed by atoms with E-state index in [4.69, 9.17) is 11.5 Å². The molecule has 0 saturated heterocycles. The Hall–Kier alpha value is -2.67. The molecule has 2 aromatic rings. The van der Waals surface area contributed by atoms with Crippen molar-refractivity contribution in [2.45, 2.75) is 17.7 Å². The maximum absolute atomic E-state index is 12.2. The van der Waals surface area contributed by atoms with Gasteiger partial charge < -0.3 is 11.5 Å². The van der Waals surface area contributed by atoms with Crippen molar-refractivity contribution >= 4 is 21.7 Å². The highest BCUT2D eigenvalue weighted by atomic mass is 32.2. The van der Waals surface area contributed by atoms with Crippen LogP contribution in [0.3, 0.4) is 0 Å². The Labute approximate surface area is 141 Å². The molecule has 24 heavy (non-hydrogen) atoms. The number of guanidine groups is 1. The SMILES string of the molecule is CC(c1ccccc1)c1ccc(C(=O)N=C(N)N)cc1S(C)(=O)=O. The highest BCUT2D eigenvalue weighted by molar-refractivity contribution is 7.90. The minimum atomic E-state index is -3.53. The fraction of sp³-hybridized carbons (Fsp3) is 0.176. The van der Waals surface area contributed by atoms with Gasteiger partial charge in [0.25, 0.3) is 5.91 Å². The van der Waals surface area contributed by atoms with Crippen LogP contribution in [0.5, 0.6) is 0 Å². The van der Waals surface area contributed by atoms with Crippen LogP contribution in [0.25, 0.3) is 0 Å². The summed E-state index contributed by atoms with van der Waals surface area (Å²) < 4.78 is 24.4. The lowest BCUT2D eigenvalue weighted by Crippen LogP contribution is -2.24. The smallest absolute Gasteiger partial charge is 0.280 e. The molecule has 4 N–H and O–H groups in total. The second-order valence-corrected chi connectivity index (χ2v) is 7.48. The molecule has 7 heteroatoms. The van der Waals surface area contributed by atoms with Crippen molar-refractivity contribution in [2.24, 2.45) is 16.5 Å². The average Bonchev–Trinajstić information content (AvgIpc) is 2.53. The van der Waals surface area contributed by atoms with Crippen LogP contribution in [0, 0.1) is 0 Å². The Balaban J connectivity index is 2.57. The number of carbonyl (C=O) groups is 1. The number of nitrogens with zero attached hydrogens (tertiary/aromatic N) is 1. The van der Waals surface area contributed by atoms with E-state index in [-0.39, 0.29) is 22.3 Å². The van der Waals surface area contributed by atoms with Crippen molar-refractivity contribution in [2.75, 3.05) is 6.26 Å². The first-order valence-electron chi connectivity index (χ1n) is 7.23. The summed E-state index contributed by atoms with van der Waals surface area (Å²) in [5.74, 6) is -1.20. The van der Waals surface area contributed by atoms with E-state index in [1.807, 2.05) is 37.3 Å². The van der Waals surface area contributed by atoms with Crippen molar-refractivity contribution in [3.05, 3.63) is 65.2 Å².